The number of hydrogen-bond donors (Lipinski definition) is 3. The van der Waals surface area contributed by atoms with Gasteiger partial charge in [0.25, 0.3) is 5.91 Å². The smallest absolute Gasteiger partial charge is 0.265 e. The molecule has 158 valence electrons. The highest BCUT2D eigenvalue weighted by atomic mass is 32.1. The Morgan fingerprint density at radius 1 is 0.968 bits per heavy atom. The highest BCUT2D eigenvalue weighted by molar-refractivity contribution is 7.20. The van der Waals surface area contributed by atoms with Crippen molar-refractivity contribution < 1.29 is 9.53 Å². The first-order valence-corrected chi connectivity index (χ1v) is 11.0. The number of benzene rings is 3. The Bertz CT molecular complexity index is 1190. The van der Waals surface area contributed by atoms with Crippen molar-refractivity contribution in [2.24, 2.45) is 0 Å². The summed E-state index contributed by atoms with van der Waals surface area (Å²) < 4.78 is 6.56. The van der Waals surface area contributed by atoms with Crippen molar-refractivity contribution in [1.82, 2.24) is 5.32 Å². The van der Waals surface area contributed by atoms with Gasteiger partial charge in [-0.3, -0.25) is 4.79 Å². The maximum Gasteiger partial charge on any atom is 0.265 e. The molecule has 0 aliphatic heterocycles. The summed E-state index contributed by atoms with van der Waals surface area (Å²) in [4.78, 5) is 13.3. The third-order valence-corrected chi connectivity index (χ3v) is 6.02. The number of fused-ring (bicyclic) bond motifs is 1. The Kier molecular flexibility index (Phi) is 6.50. The van der Waals surface area contributed by atoms with Crippen LogP contribution in [0.25, 0.3) is 10.1 Å². The first kappa shape index (κ1) is 20.9. The second kappa shape index (κ2) is 9.64. The van der Waals surface area contributed by atoms with Crippen LogP contribution in [0.5, 0.6) is 5.75 Å². The first-order valence-electron chi connectivity index (χ1n) is 10.2. The zero-order valence-electron chi connectivity index (χ0n) is 17.4. The average Bonchev–Trinajstić information content (AvgIpc) is 3.20. The summed E-state index contributed by atoms with van der Waals surface area (Å²) in [6.45, 7) is 4.18. The van der Waals surface area contributed by atoms with Crippen LogP contribution in [0.15, 0.2) is 72.8 Å². The number of carbonyl (C=O) groups is 1. The van der Waals surface area contributed by atoms with Gasteiger partial charge >= 0.3 is 0 Å². The van der Waals surface area contributed by atoms with E-state index in [2.05, 4.69) is 41.0 Å². The van der Waals surface area contributed by atoms with Gasteiger partial charge in [-0.1, -0.05) is 30.3 Å². The minimum absolute atomic E-state index is 0.144. The molecule has 0 aliphatic rings. The van der Waals surface area contributed by atoms with Crippen LogP contribution in [0.2, 0.25) is 0 Å². The Balaban J connectivity index is 1.38. The molecule has 4 N–H and O–H groups in total. The van der Waals surface area contributed by atoms with E-state index in [1.165, 1.54) is 22.5 Å². The SMILES string of the molecule is CCOc1ccc(CNCc2ccc3sc(C(=O)Nc4ccccc4N)cc3c2)cc1. The molecule has 1 amide bonds. The maximum absolute atomic E-state index is 12.6. The summed E-state index contributed by atoms with van der Waals surface area (Å²) in [7, 11) is 0. The number of nitrogens with one attached hydrogen (secondary N) is 2. The van der Waals surface area contributed by atoms with Crippen LogP contribution in [-0.2, 0) is 13.1 Å². The molecule has 31 heavy (non-hydrogen) atoms. The molecule has 4 rings (SSSR count). The Hall–Kier alpha value is -3.35. The summed E-state index contributed by atoms with van der Waals surface area (Å²) in [5, 5.41) is 7.43. The standard InChI is InChI=1S/C25H25N3O2S/c1-2-30-20-10-7-17(8-11-20)15-27-16-18-9-12-23-19(13-18)14-24(31-23)25(29)28-22-6-4-3-5-21(22)26/h3-14,27H,2,15-16,26H2,1H3,(H,28,29). The molecule has 4 aromatic rings. The van der Waals surface area contributed by atoms with E-state index in [1.54, 1.807) is 12.1 Å². The van der Waals surface area contributed by atoms with Gasteiger partial charge in [-0.15, -0.1) is 11.3 Å². The lowest BCUT2D eigenvalue weighted by Gasteiger charge is -2.07. The fraction of sp³-hybridized carbons (Fsp3) is 0.160. The third kappa shape index (κ3) is 5.23. The summed E-state index contributed by atoms with van der Waals surface area (Å²) in [6.07, 6.45) is 0. The van der Waals surface area contributed by atoms with Gasteiger partial charge in [-0.2, -0.15) is 0 Å². The van der Waals surface area contributed by atoms with E-state index in [0.717, 1.165) is 28.9 Å². The van der Waals surface area contributed by atoms with Crippen molar-refractivity contribution >= 4 is 38.7 Å². The number of para-hydroxylation sites is 2. The molecular formula is C25H25N3O2S. The molecular weight excluding hydrogens is 406 g/mol. The Morgan fingerprint density at radius 2 is 1.71 bits per heavy atom. The summed E-state index contributed by atoms with van der Waals surface area (Å²) in [6, 6.07) is 23.6. The first-order chi connectivity index (χ1) is 15.1. The molecule has 0 radical (unpaired) electrons. The minimum Gasteiger partial charge on any atom is -0.494 e. The lowest BCUT2D eigenvalue weighted by molar-refractivity contribution is 0.103. The fourth-order valence-electron chi connectivity index (χ4n) is 3.33. The normalized spacial score (nSPS) is 10.9. The van der Waals surface area contributed by atoms with Crippen LogP contribution in [0.3, 0.4) is 0 Å². The van der Waals surface area contributed by atoms with E-state index in [1.807, 2.05) is 37.3 Å². The maximum atomic E-state index is 12.6. The lowest BCUT2D eigenvalue weighted by Crippen LogP contribution is -2.12. The van der Waals surface area contributed by atoms with Gasteiger partial charge in [0.2, 0.25) is 0 Å². The molecule has 3 aromatic carbocycles. The molecule has 0 saturated heterocycles. The molecule has 0 atom stereocenters. The van der Waals surface area contributed by atoms with Crippen molar-refractivity contribution in [2.45, 2.75) is 20.0 Å². The minimum atomic E-state index is -0.144. The lowest BCUT2D eigenvalue weighted by atomic mass is 10.1. The summed E-state index contributed by atoms with van der Waals surface area (Å²) in [5.41, 5.74) is 9.49. The van der Waals surface area contributed by atoms with Gasteiger partial charge in [-0.25, -0.2) is 0 Å². The summed E-state index contributed by atoms with van der Waals surface area (Å²) in [5.74, 6) is 0.748. The predicted molar refractivity (Wildman–Crippen MR) is 129 cm³/mol. The highest BCUT2D eigenvalue weighted by Crippen LogP contribution is 2.28. The van der Waals surface area contributed by atoms with E-state index in [-0.39, 0.29) is 5.91 Å². The van der Waals surface area contributed by atoms with Gasteiger partial charge in [-0.05, 0) is 65.9 Å². The van der Waals surface area contributed by atoms with Crippen molar-refractivity contribution in [3.63, 3.8) is 0 Å². The molecule has 0 unspecified atom stereocenters. The average molecular weight is 432 g/mol. The van der Waals surface area contributed by atoms with Gasteiger partial charge in [0, 0.05) is 17.8 Å². The quantitative estimate of drug-likeness (QED) is 0.325. The number of nitrogen functional groups attached to an aromatic ring is 1. The van der Waals surface area contributed by atoms with E-state index in [4.69, 9.17) is 10.5 Å². The van der Waals surface area contributed by atoms with Crippen molar-refractivity contribution in [2.75, 3.05) is 17.7 Å². The Morgan fingerprint density at radius 3 is 2.48 bits per heavy atom. The molecule has 6 heteroatoms. The number of amides is 1. The molecule has 5 nitrogen and oxygen atoms in total. The number of anilines is 2. The number of hydrogen-bond acceptors (Lipinski definition) is 5. The van der Waals surface area contributed by atoms with E-state index in [9.17, 15) is 4.79 Å². The monoisotopic (exact) mass is 431 g/mol. The molecule has 0 spiro atoms. The highest BCUT2D eigenvalue weighted by Gasteiger charge is 2.12. The molecule has 0 fully saturated rings. The number of nitrogens with two attached hydrogens (primary N) is 1. The van der Waals surface area contributed by atoms with Crippen LogP contribution in [0.4, 0.5) is 11.4 Å². The van der Waals surface area contributed by atoms with Crippen molar-refractivity contribution in [3.05, 3.63) is 88.8 Å². The fourth-order valence-corrected chi connectivity index (χ4v) is 4.27. The van der Waals surface area contributed by atoms with Gasteiger partial charge in [0.05, 0.1) is 22.9 Å². The number of carbonyl (C=O) groups excluding carboxylic acids is 1. The van der Waals surface area contributed by atoms with Crippen LogP contribution in [-0.4, -0.2) is 12.5 Å². The molecule has 0 bridgehead atoms. The zero-order valence-corrected chi connectivity index (χ0v) is 18.2. The van der Waals surface area contributed by atoms with Crippen LogP contribution < -0.4 is 21.1 Å². The van der Waals surface area contributed by atoms with E-state index in [0.29, 0.717) is 22.9 Å². The molecule has 1 heterocycles. The molecule has 0 saturated carbocycles. The van der Waals surface area contributed by atoms with Crippen molar-refractivity contribution in [3.8, 4) is 5.75 Å². The van der Waals surface area contributed by atoms with E-state index < -0.39 is 0 Å². The third-order valence-electron chi connectivity index (χ3n) is 4.91. The van der Waals surface area contributed by atoms with Crippen LogP contribution >= 0.6 is 11.3 Å². The second-order valence-electron chi connectivity index (χ2n) is 7.20. The molecule has 1 aromatic heterocycles. The topological polar surface area (TPSA) is 76.4 Å². The summed E-state index contributed by atoms with van der Waals surface area (Å²) >= 11 is 1.48. The second-order valence-corrected chi connectivity index (χ2v) is 8.29. The largest absolute Gasteiger partial charge is 0.494 e. The van der Waals surface area contributed by atoms with Gasteiger partial charge in [0.1, 0.15) is 5.75 Å². The van der Waals surface area contributed by atoms with Gasteiger partial charge in [0.15, 0.2) is 0 Å². The van der Waals surface area contributed by atoms with Crippen LogP contribution in [0, 0.1) is 0 Å². The van der Waals surface area contributed by atoms with Gasteiger partial charge < -0.3 is 21.1 Å². The predicted octanol–water partition coefficient (Wildman–Crippen LogP) is 5.42. The number of rotatable bonds is 8. The van der Waals surface area contributed by atoms with Crippen molar-refractivity contribution in [1.29, 1.82) is 0 Å². The Labute approximate surface area is 185 Å². The van der Waals surface area contributed by atoms with E-state index >= 15 is 0 Å². The van der Waals surface area contributed by atoms with Crippen LogP contribution in [0.1, 0.15) is 27.7 Å². The number of ether oxygens (including phenoxy) is 1. The zero-order chi connectivity index (χ0) is 21.6. The molecule has 0 aliphatic carbocycles. The number of thiophene rings is 1.